The molecule has 6 heteroatoms. The maximum absolute atomic E-state index is 4.54. The molecule has 0 saturated heterocycles. The van der Waals surface area contributed by atoms with E-state index in [1.807, 2.05) is 0 Å². The van der Waals surface area contributed by atoms with Crippen LogP contribution in [-0.4, -0.2) is 9.38 Å². The van der Waals surface area contributed by atoms with Crippen molar-refractivity contribution >= 4 is 43.6 Å². The summed E-state index contributed by atoms with van der Waals surface area (Å²) in [4.78, 5) is 6.95. The number of hydrogen-bond donors (Lipinski definition) is 1. The molecule has 1 N–H and O–H groups in total. The molecule has 3 rings (SSSR count). The Kier molecular flexibility index (Phi) is 3.52. The molecule has 0 aliphatic carbocycles. The van der Waals surface area contributed by atoms with E-state index in [1.165, 1.54) is 14.4 Å². The third kappa shape index (κ3) is 2.38. The molecule has 0 unspecified atom stereocenters. The van der Waals surface area contributed by atoms with Crippen LogP contribution in [0.3, 0.4) is 0 Å². The molecular weight excluding hydrogens is 330 g/mol. The molecule has 0 amide bonds. The molecule has 94 valence electrons. The van der Waals surface area contributed by atoms with Crippen LogP contribution in [0.4, 0.5) is 0 Å². The molecule has 0 atom stereocenters. The molecule has 0 spiro atoms. The van der Waals surface area contributed by atoms with Gasteiger partial charge in [0, 0.05) is 29.5 Å². The van der Waals surface area contributed by atoms with Crippen LogP contribution in [0.2, 0.25) is 0 Å². The Morgan fingerprint density at radius 3 is 3.06 bits per heavy atom. The molecule has 0 fully saturated rings. The van der Waals surface area contributed by atoms with Gasteiger partial charge in [0.1, 0.15) is 0 Å². The first-order valence-electron chi connectivity index (χ1n) is 5.60. The number of aryl methyl sites for hydroxylation is 1. The fourth-order valence-electron chi connectivity index (χ4n) is 1.90. The van der Waals surface area contributed by atoms with E-state index in [0.29, 0.717) is 0 Å². The summed E-state index contributed by atoms with van der Waals surface area (Å²) in [7, 11) is 0. The normalized spacial score (nSPS) is 11.4. The summed E-state index contributed by atoms with van der Waals surface area (Å²) in [5.74, 6) is 0. The van der Waals surface area contributed by atoms with Gasteiger partial charge < -0.3 is 5.32 Å². The average molecular weight is 342 g/mol. The number of hydrogen-bond acceptors (Lipinski definition) is 4. The average Bonchev–Trinajstić information content (AvgIpc) is 2.99. The van der Waals surface area contributed by atoms with Crippen LogP contribution < -0.4 is 5.32 Å². The summed E-state index contributed by atoms with van der Waals surface area (Å²) >= 11 is 6.92. The van der Waals surface area contributed by atoms with Crippen molar-refractivity contribution in [3.63, 3.8) is 0 Å². The summed E-state index contributed by atoms with van der Waals surface area (Å²) in [6.45, 7) is 3.81. The fraction of sp³-hybridized carbons (Fsp3) is 0.250. The van der Waals surface area contributed by atoms with Crippen molar-refractivity contribution in [1.29, 1.82) is 0 Å². The largest absolute Gasteiger partial charge is 0.306 e. The van der Waals surface area contributed by atoms with E-state index in [1.54, 1.807) is 22.7 Å². The van der Waals surface area contributed by atoms with Gasteiger partial charge >= 0.3 is 0 Å². The SMILES string of the molecule is Cc1nc2sccn2c1CNCc1ccc(Br)s1. The fourth-order valence-corrected chi connectivity index (χ4v) is 4.14. The molecule has 0 aliphatic heterocycles. The number of halogens is 1. The molecule has 3 nitrogen and oxygen atoms in total. The van der Waals surface area contributed by atoms with Gasteiger partial charge in [-0.2, -0.15) is 0 Å². The van der Waals surface area contributed by atoms with Gasteiger partial charge in [0.15, 0.2) is 4.96 Å². The van der Waals surface area contributed by atoms with E-state index in [0.717, 1.165) is 23.7 Å². The van der Waals surface area contributed by atoms with E-state index in [2.05, 4.69) is 61.3 Å². The smallest absolute Gasteiger partial charge is 0.194 e. The zero-order chi connectivity index (χ0) is 12.5. The van der Waals surface area contributed by atoms with E-state index in [-0.39, 0.29) is 0 Å². The number of thiophene rings is 1. The Labute approximate surface area is 122 Å². The Morgan fingerprint density at radius 2 is 2.28 bits per heavy atom. The lowest BCUT2D eigenvalue weighted by molar-refractivity contribution is 0.679. The van der Waals surface area contributed by atoms with Gasteiger partial charge in [-0.05, 0) is 35.0 Å². The topological polar surface area (TPSA) is 29.3 Å². The number of aromatic nitrogens is 2. The van der Waals surface area contributed by atoms with Crippen molar-refractivity contribution in [3.8, 4) is 0 Å². The van der Waals surface area contributed by atoms with Crippen molar-refractivity contribution in [1.82, 2.24) is 14.7 Å². The van der Waals surface area contributed by atoms with Crippen molar-refractivity contribution in [2.24, 2.45) is 0 Å². The highest BCUT2D eigenvalue weighted by molar-refractivity contribution is 9.11. The lowest BCUT2D eigenvalue weighted by Gasteiger charge is -2.03. The van der Waals surface area contributed by atoms with E-state index >= 15 is 0 Å². The first kappa shape index (κ1) is 12.3. The van der Waals surface area contributed by atoms with Gasteiger partial charge in [0.05, 0.1) is 15.2 Å². The van der Waals surface area contributed by atoms with Crippen LogP contribution in [0.1, 0.15) is 16.3 Å². The lowest BCUT2D eigenvalue weighted by Crippen LogP contribution is -2.13. The van der Waals surface area contributed by atoms with Gasteiger partial charge in [-0.3, -0.25) is 4.40 Å². The van der Waals surface area contributed by atoms with Gasteiger partial charge in [0.2, 0.25) is 0 Å². The first-order valence-corrected chi connectivity index (χ1v) is 8.09. The Bertz CT molecular complexity index is 668. The molecule has 0 aromatic carbocycles. The second kappa shape index (κ2) is 5.13. The molecule has 0 bridgehead atoms. The zero-order valence-corrected chi connectivity index (χ0v) is 13.0. The second-order valence-corrected chi connectivity index (χ2v) is 7.43. The molecule has 3 aromatic heterocycles. The standard InChI is InChI=1S/C12H12BrN3S2/c1-8-10(16-4-5-17-12(16)15-8)7-14-6-9-2-3-11(13)18-9/h2-5,14H,6-7H2,1H3. The summed E-state index contributed by atoms with van der Waals surface area (Å²) in [5.41, 5.74) is 2.36. The summed E-state index contributed by atoms with van der Waals surface area (Å²) in [6, 6.07) is 4.23. The summed E-state index contributed by atoms with van der Waals surface area (Å²) in [6.07, 6.45) is 2.08. The Balaban J connectivity index is 1.69. The van der Waals surface area contributed by atoms with Crippen LogP contribution >= 0.6 is 38.6 Å². The summed E-state index contributed by atoms with van der Waals surface area (Å²) < 4.78 is 3.34. The van der Waals surface area contributed by atoms with Crippen LogP contribution in [0.15, 0.2) is 27.5 Å². The number of nitrogens with zero attached hydrogens (tertiary/aromatic N) is 2. The second-order valence-electron chi connectivity index (χ2n) is 4.01. The highest BCUT2D eigenvalue weighted by Gasteiger charge is 2.08. The first-order chi connectivity index (χ1) is 8.74. The Hall–Kier alpha value is -0.690. The number of imidazole rings is 1. The monoisotopic (exact) mass is 341 g/mol. The minimum atomic E-state index is 0.846. The molecule has 18 heavy (non-hydrogen) atoms. The lowest BCUT2D eigenvalue weighted by atomic mass is 10.3. The third-order valence-corrected chi connectivity index (χ3v) is 5.16. The van der Waals surface area contributed by atoms with Crippen molar-refractivity contribution < 1.29 is 0 Å². The molecule has 0 radical (unpaired) electrons. The van der Waals surface area contributed by atoms with Crippen molar-refractivity contribution in [2.75, 3.05) is 0 Å². The zero-order valence-electron chi connectivity index (χ0n) is 9.81. The highest BCUT2D eigenvalue weighted by atomic mass is 79.9. The van der Waals surface area contributed by atoms with Crippen molar-refractivity contribution in [2.45, 2.75) is 20.0 Å². The van der Waals surface area contributed by atoms with Gasteiger partial charge in [0.25, 0.3) is 0 Å². The molecule has 3 heterocycles. The predicted octanol–water partition coefficient (Wildman–Crippen LogP) is 3.82. The number of nitrogens with one attached hydrogen (secondary N) is 1. The minimum absolute atomic E-state index is 0.846. The highest BCUT2D eigenvalue weighted by Crippen LogP contribution is 2.22. The molecule has 3 aromatic rings. The number of thiazole rings is 1. The third-order valence-electron chi connectivity index (χ3n) is 2.78. The summed E-state index contributed by atoms with van der Waals surface area (Å²) in [5, 5.41) is 5.54. The van der Waals surface area contributed by atoms with E-state index in [9.17, 15) is 0 Å². The van der Waals surface area contributed by atoms with Crippen molar-refractivity contribution in [3.05, 3.63) is 43.8 Å². The predicted molar refractivity (Wildman–Crippen MR) is 80.4 cm³/mol. The van der Waals surface area contributed by atoms with Crippen LogP contribution in [-0.2, 0) is 13.1 Å². The Morgan fingerprint density at radius 1 is 1.39 bits per heavy atom. The van der Waals surface area contributed by atoms with Gasteiger partial charge in [-0.15, -0.1) is 22.7 Å². The van der Waals surface area contributed by atoms with Crippen LogP contribution in [0, 0.1) is 6.92 Å². The number of rotatable bonds is 4. The van der Waals surface area contributed by atoms with Gasteiger partial charge in [-0.1, -0.05) is 0 Å². The maximum Gasteiger partial charge on any atom is 0.194 e. The number of fused-ring (bicyclic) bond motifs is 1. The maximum atomic E-state index is 4.54. The molecule has 0 saturated carbocycles. The van der Waals surface area contributed by atoms with Crippen LogP contribution in [0.25, 0.3) is 4.96 Å². The molecular formula is C12H12BrN3S2. The van der Waals surface area contributed by atoms with E-state index < -0.39 is 0 Å². The quantitative estimate of drug-likeness (QED) is 0.781. The molecule has 0 aliphatic rings. The van der Waals surface area contributed by atoms with Gasteiger partial charge in [-0.25, -0.2) is 4.98 Å². The van der Waals surface area contributed by atoms with E-state index in [4.69, 9.17) is 0 Å². The minimum Gasteiger partial charge on any atom is -0.306 e. The van der Waals surface area contributed by atoms with Crippen LogP contribution in [0.5, 0.6) is 0 Å².